The average Bonchev–Trinajstić information content (AvgIpc) is 2.39. The van der Waals surface area contributed by atoms with E-state index in [0.29, 0.717) is 5.76 Å². The van der Waals surface area contributed by atoms with Gasteiger partial charge in [-0.05, 0) is 23.6 Å². The summed E-state index contributed by atoms with van der Waals surface area (Å²) in [7, 11) is 0. The molecule has 2 aliphatic carbocycles. The van der Waals surface area contributed by atoms with Crippen molar-refractivity contribution in [3.63, 3.8) is 0 Å². The van der Waals surface area contributed by atoms with Crippen LogP contribution in [0.2, 0.25) is 0 Å². The van der Waals surface area contributed by atoms with Crippen LogP contribution in [0, 0.1) is 0 Å². The maximum absolute atomic E-state index is 12.2. The zero-order chi connectivity index (χ0) is 11.5. The number of ether oxygens (including phenoxy) is 1. The third kappa shape index (κ3) is 0.897. The van der Waals surface area contributed by atoms with Crippen molar-refractivity contribution in [2.75, 3.05) is 0 Å². The van der Waals surface area contributed by atoms with Gasteiger partial charge in [-0.1, -0.05) is 42.5 Å². The van der Waals surface area contributed by atoms with Crippen molar-refractivity contribution in [2.24, 2.45) is 0 Å². The number of rotatable bonds is 0. The normalized spacial score (nSPS) is 27.9. The van der Waals surface area contributed by atoms with Crippen molar-refractivity contribution in [1.82, 2.24) is 0 Å². The summed E-state index contributed by atoms with van der Waals surface area (Å²) in [5.74, 6) is 0.518. The predicted molar refractivity (Wildman–Crippen MR) is 64.0 cm³/mol. The van der Waals surface area contributed by atoms with E-state index in [4.69, 9.17) is 4.74 Å². The smallest absolute Gasteiger partial charge is 0.330 e. The van der Waals surface area contributed by atoms with Gasteiger partial charge in [0.15, 0.2) is 0 Å². The molecule has 0 fully saturated rings. The van der Waals surface area contributed by atoms with Crippen LogP contribution in [0.25, 0.3) is 5.76 Å². The molecule has 4 aliphatic rings. The van der Waals surface area contributed by atoms with Crippen molar-refractivity contribution in [3.8, 4) is 0 Å². The van der Waals surface area contributed by atoms with E-state index in [-0.39, 0.29) is 5.97 Å². The molecule has 0 N–H and O–H groups in total. The maximum Gasteiger partial charge on any atom is 0.330 e. The number of carbonyl (C=O) groups excluding carboxylic acids is 1. The average molecular weight is 222 g/mol. The van der Waals surface area contributed by atoms with Crippen LogP contribution in [0.1, 0.15) is 17.5 Å². The van der Waals surface area contributed by atoms with Gasteiger partial charge in [0.1, 0.15) is 11.2 Å². The van der Waals surface area contributed by atoms with Crippen LogP contribution in [0.4, 0.5) is 0 Å². The number of hydrogen-bond acceptors (Lipinski definition) is 2. The maximum atomic E-state index is 12.2. The van der Waals surface area contributed by atoms with Gasteiger partial charge in [0.2, 0.25) is 0 Å². The Hall–Kier alpha value is -2.09. The van der Waals surface area contributed by atoms with E-state index in [0.717, 1.165) is 23.1 Å². The molecule has 0 amide bonds. The standard InChI is InChI=1S/C15H10O2/c16-14-15-8-4-3-5-10(15)9-13(17-14)11-6-1-2-7-12(11)15/h1-2,4-9H,3H2. The summed E-state index contributed by atoms with van der Waals surface area (Å²) in [5.41, 5.74) is 2.47. The van der Waals surface area contributed by atoms with Gasteiger partial charge < -0.3 is 4.74 Å². The third-order valence-corrected chi connectivity index (χ3v) is 3.73. The number of hydrogen-bond donors (Lipinski definition) is 0. The molecule has 1 aromatic carbocycles. The van der Waals surface area contributed by atoms with Crippen LogP contribution >= 0.6 is 0 Å². The summed E-state index contributed by atoms with van der Waals surface area (Å²) in [4.78, 5) is 12.2. The first-order chi connectivity index (χ1) is 8.32. The molecular weight excluding hydrogens is 212 g/mol. The Morgan fingerprint density at radius 1 is 1.24 bits per heavy atom. The lowest BCUT2D eigenvalue weighted by atomic mass is 9.65. The highest BCUT2D eigenvalue weighted by molar-refractivity contribution is 6.03. The highest BCUT2D eigenvalue weighted by atomic mass is 16.5. The number of carbonyl (C=O) groups is 1. The van der Waals surface area contributed by atoms with Gasteiger partial charge in [0.25, 0.3) is 0 Å². The fourth-order valence-corrected chi connectivity index (χ4v) is 2.94. The van der Waals surface area contributed by atoms with E-state index in [2.05, 4.69) is 6.08 Å². The van der Waals surface area contributed by atoms with Crippen LogP contribution in [0.5, 0.6) is 0 Å². The minimum Gasteiger partial charge on any atom is -0.425 e. The summed E-state index contributed by atoms with van der Waals surface area (Å²) in [6.07, 6.45) is 9.00. The van der Waals surface area contributed by atoms with Crippen molar-refractivity contribution >= 4 is 11.7 Å². The Bertz CT molecular complexity index is 634. The van der Waals surface area contributed by atoms with Crippen molar-refractivity contribution in [2.45, 2.75) is 11.8 Å². The quantitative estimate of drug-likeness (QED) is 0.498. The number of esters is 1. The molecule has 2 heterocycles. The van der Waals surface area contributed by atoms with Gasteiger partial charge in [0.05, 0.1) is 0 Å². The molecule has 2 bridgehead atoms. The summed E-state index contributed by atoms with van der Waals surface area (Å²) in [5, 5.41) is 0. The molecule has 0 radical (unpaired) electrons. The molecular formula is C15H10O2. The predicted octanol–water partition coefficient (Wildman–Crippen LogP) is 2.72. The minimum atomic E-state index is -0.684. The van der Waals surface area contributed by atoms with Crippen LogP contribution in [-0.2, 0) is 14.9 Å². The SMILES string of the molecule is O=C1OC2=CC3=CCC=CC13c1ccccc12. The number of benzene rings is 1. The fourth-order valence-electron chi connectivity index (χ4n) is 2.94. The molecule has 0 aromatic heterocycles. The Kier molecular flexibility index (Phi) is 1.47. The van der Waals surface area contributed by atoms with Crippen LogP contribution in [0.15, 0.2) is 54.1 Å². The molecule has 0 saturated heterocycles. The zero-order valence-corrected chi connectivity index (χ0v) is 9.14. The Labute approximate surface area is 98.9 Å². The Morgan fingerprint density at radius 3 is 3.06 bits per heavy atom. The molecule has 2 aliphatic heterocycles. The summed E-state index contributed by atoms with van der Waals surface area (Å²) in [6.45, 7) is 0. The second-order valence-corrected chi connectivity index (χ2v) is 4.55. The van der Waals surface area contributed by atoms with E-state index in [1.807, 2.05) is 42.5 Å². The van der Waals surface area contributed by atoms with Crippen molar-refractivity contribution < 1.29 is 9.53 Å². The summed E-state index contributed by atoms with van der Waals surface area (Å²) in [6, 6.07) is 7.98. The highest BCUT2D eigenvalue weighted by Crippen LogP contribution is 2.51. The van der Waals surface area contributed by atoms with Crippen molar-refractivity contribution in [1.29, 1.82) is 0 Å². The van der Waals surface area contributed by atoms with E-state index >= 15 is 0 Å². The molecule has 1 aromatic rings. The molecule has 1 spiro atoms. The summed E-state index contributed by atoms with van der Waals surface area (Å²) < 4.78 is 5.40. The van der Waals surface area contributed by atoms with Gasteiger partial charge in [-0.2, -0.15) is 0 Å². The number of fused-ring (bicyclic) bond motifs is 1. The van der Waals surface area contributed by atoms with Gasteiger partial charge in [-0.15, -0.1) is 0 Å². The molecule has 1 atom stereocenters. The Balaban J connectivity index is 2.16. The van der Waals surface area contributed by atoms with E-state index in [1.165, 1.54) is 0 Å². The zero-order valence-electron chi connectivity index (χ0n) is 9.14. The lowest BCUT2D eigenvalue weighted by Crippen LogP contribution is -2.44. The first-order valence-corrected chi connectivity index (χ1v) is 5.74. The molecule has 2 nitrogen and oxygen atoms in total. The van der Waals surface area contributed by atoms with Gasteiger partial charge in [-0.25, -0.2) is 4.79 Å². The van der Waals surface area contributed by atoms with E-state index in [9.17, 15) is 4.79 Å². The van der Waals surface area contributed by atoms with E-state index < -0.39 is 5.41 Å². The Morgan fingerprint density at radius 2 is 2.12 bits per heavy atom. The molecule has 82 valence electrons. The first-order valence-electron chi connectivity index (χ1n) is 5.74. The highest BCUT2D eigenvalue weighted by Gasteiger charge is 2.51. The third-order valence-electron chi connectivity index (χ3n) is 3.73. The fraction of sp³-hybridized carbons (Fsp3) is 0.133. The molecule has 0 saturated carbocycles. The summed E-state index contributed by atoms with van der Waals surface area (Å²) >= 11 is 0. The van der Waals surface area contributed by atoms with Crippen LogP contribution < -0.4 is 0 Å². The van der Waals surface area contributed by atoms with Crippen molar-refractivity contribution in [3.05, 3.63) is 65.3 Å². The number of allylic oxidation sites excluding steroid dienone is 3. The first kappa shape index (κ1) is 8.99. The minimum absolute atomic E-state index is 0.170. The second kappa shape index (κ2) is 2.77. The van der Waals surface area contributed by atoms with Gasteiger partial charge >= 0.3 is 5.97 Å². The molecule has 17 heavy (non-hydrogen) atoms. The van der Waals surface area contributed by atoms with E-state index in [1.54, 1.807) is 0 Å². The van der Waals surface area contributed by atoms with Crippen LogP contribution in [-0.4, -0.2) is 5.97 Å². The second-order valence-electron chi connectivity index (χ2n) is 4.55. The topological polar surface area (TPSA) is 26.3 Å². The molecule has 2 heteroatoms. The monoisotopic (exact) mass is 222 g/mol. The lowest BCUT2D eigenvalue weighted by Gasteiger charge is -2.42. The largest absolute Gasteiger partial charge is 0.425 e. The van der Waals surface area contributed by atoms with Gasteiger partial charge in [-0.3, -0.25) is 0 Å². The lowest BCUT2D eigenvalue weighted by molar-refractivity contribution is -0.141. The van der Waals surface area contributed by atoms with Crippen LogP contribution in [0.3, 0.4) is 0 Å². The van der Waals surface area contributed by atoms with Gasteiger partial charge in [0, 0.05) is 5.56 Å². The molecule has 1 unspecified atom stereocenters. The molecule has 5 rings (SSSR count).